The molecule has 1 aromatic carbocycles. The summed E-state index contributed by atoms with van der Waals surface area (Å²) in [5, 5.41) is 18.9. The zero-order valence-electron chi connectivity index (χ0n) is 13.4. The summed E-state index contributed by atoms with van der Waals surface area (Å²) in [5.41, 5.74) is 1.58. The quantitative estimate of drug-likeness (QED) is 0.710. The average molecular weight is 332 g/mol. The molecule has 0 saturated heterocycles. The lowest BCUT2D eigenvalue weighted by molar-refractivity contribution is -0.138. The number of aliphatic carboxylic acids is 1. The van der Waals surface area contributed by atoms with Crippen LogP contribution in [0.4, 0.5) is 0 Å². The van der Waals surface area contributed by atoms with Crippen LogP contribution in [0.25, 0.3) is 0 Å². The van der Waals surface area contributed by atoms with E-state index < -0.39 is 5.97 Å². The Morgan fingerprint density at radius 2 is 2.04 bits per heavy atom. The molecule has 8 heteroatoms. The number of hydrogen-bond donors (Lipinski definition) is 2. The van der Waals surface area contributed by atoms with Crippen LogP contribution in [0.2, 0.25) is 0 Å². The van der Waals surface area contributed by atoms with Crippen LogP contribution in [-0.4, -0.2) is 38.6 Å². The van der Waals surface area contributed by atoms with Gasteiger partial charge in [0.15, 0.2) is 0 Å². The summed E-state index contributed by atoms with van der Waals surface area (Å²) < 4.78 is 6.58. The topological polar surface area (TPSA) is 106 Å². The summed E-state index contributed by atoms with van der Waals surface area (Å²) in [7, 11) is 0. The van der Waals surface area contributed by atoms with Gasteiger partial charge in [-0.2, -0.15) is 0 Å². The van der Waals surface area contributed by atoms with Crippen molar-refractivity contribution >= 4 is 11.9 Å². The third-order valence-electron chi connectivity index (χ3n) is 3.23. The molecule has 0 fully saturated rings. The number of aromatic nitrogens is 3. The van der Waals surface area contributed by atoms with Gasteiger partial charge in [-0.25, -0.2) is 4.68 Å². The zero-order valence-corrected chi connectivity index (χ0v) is 13.4. The molecule has 2 rings (SSSR count). The van der Waals surface area contributed by atoms with Crippen LogP contribution in [-0.2, 0) is 29.1 Å². The standard InChI is InChI=1S/C16H20N4O4/c1-2-24-14-6-3-12(4-7-14)5-8-15(21)17-9-13-10-20(19-18-13)11-16(22)23/h3-4,6-7,10H,2,5,8-9,11H2,1H3,(H,17,21)(H,22,23). The van der Waals surface area contributed by atoms with E-state index in [1.54, 1.807) is 0 Å². The van der Waals surface area contributed by atoms with Gasteiger partial charge < -0.3 is 15.2 Å². The minimum atomic E-state index is -0.995. The largest absolute Gasteiger partial charge is 0.494 e. The van der Waals surface area contributed by atoms with E-state index in [0.29, 0.717) is 25.1 Å². The number of carbonyl (C=O) groups excluding carboxylic acids is 1. The monoisotopic (exact) mass is 332 g/mol. The summed E-state index contributed by atoms with van der Waals surface area (Å²) in [4.78, 5) is 22.4. The van der Waals surface area contributed by atoms with Crippen molar-refractivity contribution in [1.29, 1.82) is 0 Å². The first-order valence-corrected chi connectivity index (χ1v) is 7.66. The van der Waals surface area contributed by atoms with Gasteiger partial charge in [0.25, 0.3) is 0 Å². The lowest BCUT2D eigenvalue weighted by Gasteiger charge is -2.05. The van der Waals surface area contributed by atoms with Crippen molar-refractivity contribution < 1.29 is 19.4 Å². The first-order chi connectivity index (χ1) is 11.6. The third kappa shape index (κ3) is 5.71. The maximum atomic E-state index is 11.9. The Labute approximate surface area is 139 Å². The van der Waals surface area contributed by atoms with E-state index in [9.17, 15) is 9.59 Å². The highest BCUT2D eigenvalue weighted by atomic mass is 16.5. The minimum Gasteiger partial charge on any atom is -0.494 e. The van der Waals surface area contributed by atoms with Gasteiger partial charge in [0.1, 0.15) is 18.0 Å². The van der Waals surface area contributed by atoms with Crippen LogP contribution >= 0.6 is 0 Å². The average Bonchev–Trinajstić information content (AvgIpc) is 2.99. The Morgan fingerprint density at radius 1 is 1.29 bits per heavy atom. The van der Waals surface area contributed by atoms with Crippen LogP contribution in [0.15, 0.2) is 30.5 Å². The normalized spacial score (nSPS) is 10.4. The number of amides is 1. The van der Waals surface area contributed by atoms with E-state index in [1.165, 1.54) is 10.9 Å². The molecule has 0 aliphatic heterocycles. The van der Waals surface area contributed by atoms with Gasteiger partial charge in [0, 0.05) is 6.42 Å². The Hall–Kier alpha value is -2.90. The van der Waals surface area contributed by atoms with Crippen LogP contribution in [0.5, 0.6) is 5.75 Å². The van der Waals surface area contributed by atoms with Crippen molar-refractivity contribution in [3.63, 3.8) is 0 Å². The van der Waals surface area contributed by atoms with Crippen molar-refractivity contribution in [3.05, 3.63) is 41.7 Å². The van der Waals surface area contributed by atoms with Gasteiger partial charge in [0.2, 0.25) is 5.91 Å². The van der Waals surface area contributed by atoms with E-state index in [-0.39, 0.29) is 19.0 Å². The van der Waals surface area contributed by atoms with Gasteiger partial charge >= 0.3 is 5.97 Å². The molecule has 2 N–H and O–H groups in total. The summed E-state index contributed by atoms with van der Waals surface area (Å²) in [5.74, 6) is -0.280. The summed E-state index contributed by atoms with van der Waals surface area (Å²) >= 11 is 0. The molecule has 0 unspecified atom stereocenters. The Balaban J connectivity index is 1.73. The smallest absolute Gasteiger partial charge is 0.325 e. The molecular formula is C16H20N4O4. The SMILES string of the molecule is CCOc1ccc(CCC(=O)NCc2cn(CC(=O)O)nn2)cc1. The maximum absolute atomic E-state index is 11.9. The lowest BCUT2D eigenvalue weighted by atomic mass is 10.1. The first-order valence-electron chi connectivity index (χ1n) is 7.66. The number of ether oxygens (including phenoxy) is 1. The number of nitrogens with zero attached hydrogens (tertiary/aromatic N) is 3. The van der Waals surface area contributed by atoms with E-state index in [2.05, 4.69) is 15.6 Å². The van der Waals surface area contributed by atoms with Crippen molar-refractivity contribution in [1.82, 2.24) is 20.3 Å². The number of carboxylic acids is 1. The van der Waals surface area contributed by atoms with Crippen molar-refractivity contribution in [2.45, 2.75) is 32.9 Å². The number of nitrogens with one attached hydrogen (secondary N) is 1. The highest BCUT2D eigenvalue weighted by Crippen LogP contribution is 2.13. The molecule has 1 heterocycles. The Kier molecular flexibility index (Phi) is 6.30. The van der Waals surface area contributed by atoms with Crippen LogP contribution in [0.3, 0.4) is 0 Å². The molecule has 0 aliphatic rings. The molecule has 0 bridgehead atoms. The second-order valence-electron chi connectivity index (χ2n) is 5.15. The van der Waals surface area contributed by atoms with Gasteiger partial charge in [-0.1, -0.05) is 17.3 Å². The minimum absolute atomic E-state index is 0.100. The summed E-state index contributed by atoms with van der Waals surface area (Å²) in [6.07, 6.45) is 2.49. The number of hydrogen-bond acceptors (Lipinski definition) is 5. The Bertz CT molecular complexity index is 682. The Morgan fingerprint density at radius 3 is 2.71 bits per heavy atom. The fourth-order valence-electron chi connectivity index (χ4n) is 2.09. The highest BCUT2D eigenvalue weighted by molar-refractivity contribution is 5.76. The molecule has 2 aromatic rings. The van der Waals surface area contributed by atoms with E-state index in [4.69, 9.17) is 9.84 Å². The fraction of sp³-hybridized carbons (Fsp3) is 0.375. The van der Waals surface area contributed by atoms with E-state index in [0.717, 1.165) is 11.3 Å². The number of aryl methyl sites for hydroxylation is 1. The maximum Gasteiger partial charge on any atom is 0.325 e. The number of carbonyl (C=O) groups is 2. The zero-order chi connectivity index (χ0) is 17.4. The second-order valence-corrected chi connectivity index (χ2v) is 5.15. The highest BCUT2D eigenvalue weighted by Gasteiger charge is 2.07. The van der Waals surface area contributed by atoms with Gasteiger partial charge in [-0.05, 0) is 31.0 Å². The molecule has 0 radical (unpaired) electrons. The summed E-state index contributed by atoms with van der Waals surface area (Å²) in [6.45, 7) is 2.53. The molecule has 0 saturated carbocycles. The van der Waals surface area contributed by atoms with Crippen molar-refractivity contribution in [3.8, 4) is 5.75 Å². The van der Waals surface area contributed by atoms with Gasteiger partial charge in [-0.3, -0.25) is 9.59 Å². The fourth-order valence-corrected chi connectivity index (χ4v) is 2.09. The van der Waals surface area contributed by atoms with Gasteiger partial charge in [-0.15, -0.1) is 5.10 Å². The number of carboxylic acid groups (broad SMARTS) is 1. The van der Waals surface area contributed by atoms with E-state index in [1.807, 2.05) is 31.2 Å². The van der Waals surface area contributed by atoms with Crippen LogP contribution in [0.1, 0.15) is 24.6 Å². The first kappa shape index (κ1) is 17.5. The van der Waals surface area contributed by atoms with Crippen molar-refractivity contribution in [2.24, 2.45) is 0 Å². The van der Waals surface area contributed by atoms with Crippen LogP contribution in [0, 0.1) is 0 Å². The molecule has 0 aliphatic carbocycles. The predicted octanol–water partition coefficient (Wildman–Crippen LogP) is 1.01. The second kappa shape index (κ2) is 8.66. The molecule has 1 aromatic heterocycles. The van der Waals surface area contributed by atoms with Crippen molar-refractivity contribution in [2.75, 3.05) is 6.61 Å². The number of benzene rings is 1. The molecule has 0 spiro atoms. The van der Waals surface area contributed by atoms with Gasteiger partial charge in [0.05, 0.1) is 19.3 Å². The summed E-state index contributed by atoms with van der Waals surface area (Å²) in [6, 6.07) is 7.65. The number of rotatable bonds is 9. The molecule has 0 atom stereocenters. The molecule has 1 amide bonds. The molecule has 128 valence electrons. The predicted molar refractivity (Wildman–Crippen MR) is 85.4 cm³/mol. The van der Waals surface area contributed by atoms with E-state index >= 15 is 0 Å². The third-order valence-corrected chi connectivity index (χ3v) is 3.23. The van der Waals surface area contributed by atoms with Crippen LogP contribution < -0.4 is 10.1 Å². The lowest BCUT2D eigenvalue weighted by Crippen LogP contribution is -2.23. The molecule has 8 nitrogen and oxygen atoms in total. The molecular weight excluding hydrogens is 312 g/mol. The molecule has 24 heavy (non-hydrogen) atoms.